The van der Waals surface area contributed by atoms with Crippen LogP contribution in [-0.4, -0.2) is 24.4 Å². The lowest BCUT2D eigenvalue weighted by molar-refractivity contribution is 0.408. The van der Waals surface area contributed by atoms with Crippen molar-refractivity contribution in [1.29, 1.82) is 0 Å². The van der Waals surface area contributed by atoms with Crippen LogP contribution in [0.2, 0.25) is 0 Å². The predicted octanol–water partition coefficient (Wildman–Crippen LogP) is 3.61. The van der Waals surface area contributed by atoms with Gasteiger partial charge in [-0.3, -0.25) is 0 Å². The predicted molar refractivity (Wildman–Crippen MR) is 110 cm³/mol. The molecule has 4 rings (SSSR count). The molecule has 154 valence electrons. The molecule has 2 N–H and O–H groups in total. The van der Waals surface area contributed by atoms with Crippen molar-refractivity contribution >= 4 is 21.9 Å². The topological polar surface area (TPSA) is 119 Å². The quantitative estimate of drug-likeness (QED) is 0.492. The third kappa shape index (κ3) is 2.76. The number of methoxy groups -OCH3 is 2. The molecule has 0 saturated heterocycles. The zero-order valence-electron chi connectivity index (χ0n) is 16.7. The molecule has 0 aliphatic carbocycles. The highest BCUT2D eigenvalue weighted by Crippen LogP contribution is 2.48. The summed E-state index contributed by atoms with van der Waals surface area (Å²) in [5.74, 6) is 0.0658. The summed E-state index contributed by atoms with van der Waals surface area (Å²) in [6.45, 7) is 3.45. The SMILES string of the molecule is COc1cc(C)c2c(O)cc(=O)oc2c1-c1c(OC)cc(C)c2c(O)cc(=O)oc12. The molecule has 0 bridgehead atoms. The van der Waals surface area contributed by atoms with Gasteiger partial charge in [-0.15, -0.1) is 0 Å². The van der Waals surface area contributed by atoms with Crippen LogP contribution in [0.1, 0.15) is 11.1 Å². The van der Waals surface area contributed by atoms with Crippen LogP contribution in [0.25, 0.3) is 33.1 Å². The van der Waals surface area contributed by atoms with Crippen molar-refractivity contribution in [3.63, 3.8) is 0 Å². The third-order valence-corrected chi connectivity index (χ3v) is 5.00. The maximum Gasteiger partial charge on any atom is 0.339 e. The van der Waals surface area contributed by atoms with Crippen molar-refractivity contribution < 1.29 is 28.5 Å². The van der Waals surface area contributed by atoms with E-state index in [0.717, 1.165) is 12.1 Å². The van der Waals surface area contributed by atoms with Crippen LogP contribution < -0.4 is 20.7 Å². The highest BCUT2D eigenvalue weighted by atomic mass is 16.5. The molecule has 0 amide bonds. The van der Waals surface area contributed by atoms with Gasteiger partial charge < -0.3 is 28.5 Å². The molecular formula is C22H18O8. The minimum absolute atomic E-state index is 0.0336. The molecule has 8 heteroatoms. The lowest BCUT2D eigenvalue weighted by atomic mass is 9.94. The van der Waals surface area contributed by atoms with Crippen LogP contribution in [0, 0.1) is 13.8 Å². The van der Waals surface area contributed by atoms with E-state index in [-0.39, 0.29) is 33.8 Å². The number of hydrogen-bond acceptors (Lipinski definition) is 8. The van der Waals surface area contributed by atoms with Crippen molar-refractivity contribution in [2.75, 3.05) is 14.2 Å². The zero-order valence-corrected chi connectivity index (χ0v) is 16.7. The molecule has 0 atom stereocenters. The minimum Gasteiger partial charge on any atom is -0.507 e. The summed E-state index contributed by atoms with van der Waals surface area (Å²) in [5.41, 5.74) is 0.209. The molecule has 0 spiro atoms. The van der Waals surface area contributed by atoms with Gasteiger partial charge >= 0.3 is 11.3 Å². The molecule has 0 unspecified atom stereocenters. The van der Waals surface area contributed by atoms with Gasteiger partial charge in [0, 0.05) is 0 Å². The van der Waals surface area contributed by atoms with E-state index in [9.17, 15) is 19.8 Å². The van der Waals surface area contributed by atoms with Crippen molar-refractivity contribution in [2.45, 2.75) is 13.8 Å². The van der Waals surface area contributed by atoms with Crippen molar-refractivity contribution in [3.8, 4) is 34.1 Å². The van der Waals surface area contributed by atoms with Crippen LogP contribution in [0.3, 0.4) is 0 Å². The van der Waals surface area contributed by atoms with E-state index in [0.29, 0.717) is 33.4 Å². The Balaban J connectivity index is 2.35. The second-order valence-corrected chi connectivity index (χ2v) is 6.85. The fraction of sp³-hybridized carbons (Fsp3) is 0.182. The number of hydrogen-bond donors (Lipinski definition) is 2. The summed E-state index contributed by atoms with van der Waals surface area (Å²) in [4.78, 5) is 24.1. The maximum atomic E-state index is 12.1. The van der Waals surface area contributed by atoms with Crippen molar-refractivity contribution in [2.24, 2.45) is 0 Å². The molecule has 2 aromatic carbocycles. The number of aryl methyl sites for hydroxylation is 2. The van der Waals surface area contributed by atoms with E-state index in [1.54, 1.807) is 26.0 Å². The summed E-state index contributed by atoms with van der Waals surface area (Å²) in [6, 6.07) is 5.26. The second-order valence-electron chi connectivity index (χ2n) is 6.85. The molecule has 0 fully saturated rings. The molecule has 0 aliphatic rings. The van der Waals surface area contributed by atoms with E-state index in [2.05, 4.69) is 0 Å². The van der Waals surface area contributed by atoms with E-state index in [4.69, 9.17) is 18.3 Å². The average molecular weight is 410 g/mol. The first-order chi connectivity index (χ1) is 14.3. The highest BCUT2D eigenvalue weighted by Gasteiger charge is 2.26. The summed E-state index contributed by atoms with van der Waals surface area (Å²) < 4.78 is 22.0. The monoisotopic (exact) mass is 410 g/mol. The van der Waals surface area contributed by atoms with Gasteiger partial charge in [-0.2, -0.15) is 0 Å². The second kappa shape index (κ2) is 6.84. The first-order valence-corrected chi connectivity index (χ1v) is 8.96. The van der Waals surface area contributed by atoms with E-state index in [1.165, 1.54) is 14.2 Å². The number of rotatable bonds is 3. The Labute approximate surface area is 169 Å². The number of fused-ring (bicyclic) bond motifs is 2. The largest absolute Gasteiger partial charge is 0.507 e. The molecule has 0 aliphatic heterocycles. The van der Waals surface area contributed by atoms with Gasteiger partial charge in [0.1, 0.15) is 23.0 Å². The van der Waals surface area contributed by atoms with Gasteiger partial charge in [0.05, 0.1) is 48.3 Å². The summed E-state index contributed by atoms with van der Waals surface area (Å²) in [7, 11) is 2.86. The van der Waals surface area contributed by atoms with Crippen LogP contribution in [0.4, 0.5) is 0 Å². The summed E-state index contributed by atoms with van der Waals surface area (Å²) in [6.07, 6.45) is 0. The minimum atomic E-state index is -0.770. The molecule has 4 aromatic rings. The first kappa shape index (κ1) is 19.4. The lowest BCUT2D eigenvalue weighted by Gasteiger charge is -2.18. The van der Waals surface area contributed by atoms with Crippen LogP contribution in [-0.2, 0) is 0 Å². The molecule has 30 heavy (non-hydrogen) atoms. The Morgan fingerprint density at radius 2 is 1.07 bits per heavy atom. The van der Waals surface area contributed by atoms with Gasteiger partial charge in [-0.1, -0.05) is 0 Å². The molecule has 2 heterocycles. The fourth-order valence-corrected chi connectivity index (χ4v) is 3.78. The van der Waals surface area contributed by atoms with E-state index in [1.807, 2.05) is 0 Å². The van der Waals surface area contributed by atoms with Crippen molar-refractivity contribution in [1.82, 2.24) is 0 Å². The number of ether oxygens (including phenoxy) is 2. The Morgan fingerprint density at radius 3 is 1.40 bits per heavy atom. The Kier molecular flexibility index (Phi) is 4.42. The summed E-state index contributed by atoms with van der Waals surface area (Å²) in [5, 5.41) is 21.4. The summed E-state index contributed by atoms with van der Waals surface area (Å²) >= 11 is 0. The Bertz CT molecular complexity index is 1330. The molecular weight excluding hydrogens is 392 g/mol. The fourth-order valence-electron chi connectivity index (χ4n) is 3.78. The van der Waals surface area contributed by atoms with E-state index < -0.39 is 11.3 Å². The highest BCUT2D eigenvalue weighted by molar-refractivity contribution is 6.09. The molecule has 0 saturated carbocycles. The van der Waals surface area contributed by atoms with Crippen LogP contribution >= 0.6 is 0 Å². The smallest absolute Gasteiger partial charge is 0.339 e. The maximum absolute atomic E-state index is 12.1. The normalized spacial score (nSPS) is 11.2. The van der Waals surface area contributed by atoms with Gasteiger partial charge in [0.15, 0.2) is 11.2 Å². The molecule has 0 radical (unpaired) electrons. The van der Waals surface area contributed by atoms with Crippen LogP contribution in [0.5, 0.6) is 23.0 Å². The van der Waals surface area contributed by atoms with Gasteiger partial charge in [-0.25, -0.2) is 9.59 Å². The third-order valence-electron chi connectivity index (χ3n) is 5.00. The van der Waals surface area contributed by atoms with Gasteiger partial charge in [0.2, 0.25) is 0 Å². The average Bonchev–Trinajstić information content (AvgIpc) is 2.66. The molecule has 2 aromatic heterocycles. The standard InChI is InChI=1S/C22H18O8/c1-9-5-13(27-3)19(21-17(9)11(23)7-15(25)29-21)20-14(28-4)6-10(2)18-12(24)8-16(26)30-22(18)20/h5-8,23-24H,1-4H3. The van der Waals surface area contributed by atoms with Gasteiger partial charge in [0.25, 0.3) is 0 Å². The first-order valence-electron chi connectivity index (χ1n) is 8.96. The number of benzene rings is 2. The lowest BCUT2D eigenvalue weighted by Crippen LogP contribution is -2.03. The van der Waals surface area contributed by atoms with Crippen LogP contribution in [0.15, 0.2) is 42.7 Å². The Hall–Kier alpha value is -3.94. The van der Waals surface area contributed by atoms with Crippen molar-refractivity contribution in [3.05, 3.63) is 56.2 Å². The zero-order chi connectivity index (χ0) is 21.7. The molecule has 8 nitrogen and oxygen atoms in total. The van der Waals surface area contributed by atoms with E-state index >= 15 is 0 Å². The van der Waals surface area contributed by atoms with Gasteiger partial charge in [-0.05, 0) is 37.1 Å². The number of aromatic hydroxyl groups is 2. The Morgan fingerprint density at radius 1 is 0.700 bits per heavy atom.